The Bertz CT molecular complexity index is 360. The highest BCUT2D eigenvalue weighted by Gasteiger charge is 2.18. The van der Waals surface area contributed by atoms with E-state index in [0.29, 0.717) is 6.04 Å². The third-order valence-electron chi connectivity index (χ3n) is 2.47. The van der Waals surface area contributed by atoms with E-state index in [1.54, 1.807) is 0 Å². The molecule has 0 saturated heterocycles. The maximum Gasteiger partial charge on any atom is 0.134 e. The second-order valence-electron chi connectivity index (χ2n) is 4.17. The van der Waals surface area contributed by atoms with Crippen LogP contribution in [-0.4, -0.2) is 16.0 Å². The summed E-state index contributed by atoms with van der Waals surface area (Å²) in [7, 11) is 0. The number of aromatic nitrogens is 2. The van der Waals surface area contributed by atoms with Gasteiger partial charge in [0.15, 0.2) is 0 Å². The maximum atomic E-state index is 4.54. The molecule has 0 radical (unpaired) electrons. The number of rotatable bonds is 3. The molecule has 2 rings (SSSR count). The molecule has 1 aromatic rings. The third-order valence-corrected chi connectivity index (χ3v) is 2.47. The van der Waals surface area contributed by atoms with Gasteiger partial charge in [0.2, 0.25) is 0 Å². The van der Waals surface area contributed by atoms with Gasteiger partial charge in [0.25, 0.3) is 0 Å². The lowest BCUT2D eigenvalue weighted by atomic mass is 10.2. The van der Waals surface area contributed by atoms with E-state index in [4.69, 9.17) is 0 Å². The summed E-state index contributed by atoms with van der Waals surface area (Å²) in [5.74, 6) is 1.94. The van der Waals surface area contributed by atoms with Gasteiger partial charge < -0.3 is 10.6 Å². The summed E-state index contributed by atoms with van der Waals surface area (Å²) >= 11 is 0. The van der Waals surface area contributed by atoms with Crippen LogP contribution in [0.25, 0.3) is 0 Å². The van der Waals surface area contributed by atoms with E-state index in [1.807, 2.05) is 0 Å². The zero-order chi connectivity index (χ0) is 10.8. The molecule has 1 aromatic heterocycles. The minimum absolute atomic E-state index is 0.411. The number of fused-ring (bicyclic) bond motifs is 1. The molecule has 0 unspecified atom stereocenters. The number of aryl methyl sites for hydroxylation is 1. The first-order valence-corrected chi connectivity index (χ1v) is 5.56. The third kappa shape index (κ3) is 2.09. The van der Waals surface area contributed by atoms with E-state index < -0.39 is 0 Å². The summed E-state index contributed by atoms with van der Waals surface area (Å²) in [6.07, 6.45) is 0.889. The molecule has 0 bridgehead atoms. The summed E-state index contributed by atoms with van der Waals surface area (Å²) in [6.45, 7) is 8.10. The van der Waals surface area contributed by atoms with Crippen molar-refractivity contribution in [2.24, 2.45) is 0 Å². The Morgan fingerprint density at radius 2 is 2.13 bits per heavy atom. The Kier molecular flexibility index (Phi) is 2.86. The molecule has 4 nitrogen and oxygen atoms in total. The minimum atomic E-state index is 0.411. The van der Waals surface area contributed by atoms with Crippen molar-refractivity contribution in [3.05, 3.63) is 17.1 Å². The lowest BCUT2D eigenvalue weighted by molar-refractivity contribution is 0.755. The number of nitrogens with zero attached hydrogens (tertiary/aromatic N) is 2. The first-order valence-electron chi connectivity index (χ1n) is 5.56. The van der Waals surface area contributed by atoms with Gasteiger partial charge in [-0.2, -0.15) is 0 Å². The zero-order valence-electron chi connectivity index (χ0n) is 9.59. The Hall–Kier alpha value is -1.16. The molecular weight excluding hydrogens is 188 g/mol. The molecule has 0 aromatic carbocycles. The molecule has 2 heterocycles. The number of hydrogen-bond donors (Lipinski definition) is 2. The summed E-state index contributed by atoms with van der Waals surface area (Å²) in [5.41, 5.74) is 2.39. The van der Waals surface area contributed by atoms with Crippen LogP contribution in [0.2, 0.25) is 0 Å². The van der Waals surface area contributed by atoms with Crippen LogP contribution in [0.5, 0.6) is 0 Å². The lowest BCUT2D eigenvalue weighted by Crippen LogP contribution is -2.15. The highest BCUT2D eigenvalue weighted by Crippen LogP contribution is 2.21. The standard InChI is InChI=1S/C11H18N4/c1-4-10-14-9-6-12-5-8(9)11(15-10)13-7(2)3/h7,12H,4-6H2,1-3H3,(H,13,14,15). The Labute approximate surface area is 90.5 Å². The summed E-state index contributed by atoms with van der Waals surface area (Å²) in [5, 5.41) is 6.70. The van der Waals surface area contributed by atoms with Crippen molar-refractivity contribution in [3.8, 4) is 0 Å². The molecule has 0 amide bonds. The topological polar surface area (TPSA) is 49.8 Å². The van der Waals surface area contributed by atoms with Crippen molar-refractivity contribution in [3.63, 3.8) is 0 Å². The van der Waals surface area contributed by atoms with Crippen molar-refractivity contribution in [2.45, 2.75) is 46.3 Å². The van der Waals surface area contributed by atoms with Crippen LogP contribution >= 0.6 is 0 Å². The molecule has 0 saturated carbocycles. The Balaban J connectivity index is 2.38. The van der Waals surface area contributed by atoms with Gasteiger partial charge in [0.05, 0.1) is 5.69 Å². The van der Waals surface area contributed by atoms with Crippen LogP contribution in [0, 0.1) is 0 Å². The largest absolute Gasteiger partial charge is 0.368 e. The first-order chi connectivity index (χ1) is 7.20. The molecule has 0 spiro atoms. The average Bonchev–Trinajstić information content (AvgIpc) is 2.64. The number of anilines is 1. The molecule has 0 atom stereocenters. The van der Waals surface area contributed by atoms with Gasteiger partial charge in [-0.3, -0.25) is 0 Å². The molecule has 1 aliphatic heterocycles. The van der Waals surface area contributed by atoms with Crippen molar-refractivity contribution >= 4 is 5.82 Å². The van der Waals surface area contributed by atoms with Gasteiger partial charge in [-0.1, -0.05) is 6.92 Å². The maximum absolute atomic E-state index is 4.54. The molecule has 1 aliphatic rings. The quantitative estimate of drug-likeness (QED) is 0.786. The lowest BCUT2D eigenvalue weighted by Gasteiger charge is -2.13. The molecular formula is C11H18N4. The second-order valence-corrected chi connectivity index (χ2v) is 4.17. The van der Waals surface area contributed by atoms with Crippen molar-refractivity contribution in [1.29, 1.82) is 0 Å². The molecule has 82 valence electrons. The van der Waals surface area contributed by atoms with E-state index in [0.717, 1.165) is 36.8 Å². The predicted molar refractivity (Wildman–Crippen MR) is 60.7 cm³/mol. The van der Waals surface area contributed by atoms with Crippen LogP contribution in [0.1, 0.15) is 37.9 Å². The summed E-state index contributed by atoms with van der Waals surface area (Å²) < 4.78 is 0. The van der Waals surface area contributed by atoms with Crippen LogP contribution in [0.3, 0.4) is 0 Å². The molecule has 15 heavy (non-hydrogen) atoms. The van der Waals surface area contributed by atoms with Crippen LogP contribution in [-0.2, 0) is 19.5 Å². The van der Waals surface area contributed by atoms with Crippen LogP contribution < -0.4 is 10.6 Å². The highest BCUT2D eigenvalue weighted by molar-refractivity contribution is 5.48. The fourth-order valence-corrected chi connectivity index (χ4v) is 1.77. The summed E-state index contributed by atoms with van der Waals surface area (Å²) in [4.78, 5) is 9.07. The smallest absolute Gasteiger partial charge is 0.134 e. The minimum Gasteiger partial charge on any atom is -0.368 e. The first kappa shape index (κ1) is 10.4. The van der Waals surface area contributed by atoms with E-state index >= 15 is 0 Å². The second kappa shape index (κ2) is 4.14. The average molecular weight is 206 g/mol. The molecule has 0 aliphatic carbocycles. The van der Waals surface area contributed by atoms with Crippen molar-refractivity contribution in [2.75, 3.05) is 5.32 Å². The monoisotopic (exact) mass is 206 g/mol. The van der Waals surface area contributed by atoms with Gasteiger partial charge in [-0.25, -0.2) is 9.97 Å². The molecule has 0 fully saturated rings. The summed E-state index contributed by atoms with van der Waals surface area (Å²) in [6, 6.07) is 0.411. The van der Waals surface area contributed by atoms with Gasteiger partial charge in [-0.15, -0.1) is 0 Å². The SMILES string of the molecule is CCc1nc2c(c(NC(C)C)n1)CNC2. The van der Waals surface area contributed by atoms with E-state index in [9.17, 15) is 0 Å². The van der Waals surface area contributed by atoms with Crippen molar-refractivity contribution in [1.82, 2.24) is 15.3 Å². The van der Waals surface area contributed by atoms with Crippen LogP contribution in [0.4, 0.5) is 5.82 Å². The molecule has 4 heteroatoms. The number of nitrogens with one attached hydrogen (secondary N) is 2. The van der Waals surface area contributed by atoms with Gasteiger partial charge >= 0.3 is 0 Å². The fraction of sp³-hybridized carbons (Fsp3) is 0.636. The van der Waals surface area contributed by atoms with E-state index in [1.165, 1.54) is 5.56 Å². The van der Waals surface area contributed by atoms with Gasteiger partial charge in [0.1, 0.15) is 11.6 Å². The van der Waals surface area contributed by atoms with E-state index in [2.05, 4.69) is 41.4 Å². The zero-order valence-corrected chi connectivity index (χ0v) is 9.59. The number of hydrogen-bond acceptors (Lipinski definition) is 4. The Morgan fingerprint density at radius 3 is 2.80 bits per heavy atom. The van der Waals surface area contributed by atoms with Gasteiger partial charge in [0, 0.05) is 31.1 Å². The normalized spacial score (nSPS) is 14.4. The molecule has 2 N–H and O–H groups in total. The fourth-order valence-electron chi connectivity index (χ4n) is 1.77. The van der Waals surface area contributed by atoms with Gasteiger partial charge in [-0.05, 0) is 13.8 Å². The highest BCUT2D eigenvalue weighted by atomic mass is 15.1. The van der Waals surface area contributed by atoms with E-state index in [-0.39, 0.29) is 0 Å². The van der Waals surface area contributed by atoms with Crippen molar-refractivity contribution < 1.29 is 0 Å². The predicted octanol–water partition coefficient (Wildman–Crippen LogP) is 1.46. The Morgan fingerprint density at radius 1 is 1.33 bits per heavy atom. The van der Waals surface area contributed by atoms with Crippen LogP contribution in [0.15, 0.2) is 0 Å².